The summed E-state index contributed by atoms with van der Waals surface area (Å²) in [5.41, 5.74) is 2.66. The second-order valence-corrected chi connectivity index (χ2v) is 8.19. The van der Waals surface area contributed by atoms with Gasteiger partial charge in [0.1, 0.15) is 0 Å². The smallest absolute Gasteiger partial charge is 0.240 e. The summed E-state index contributed by atoms with van der Waals surface area (Å²) < 4.78 is 33.0. The van der Waals surface area contributed by atoms with Gasteiger partial charge in [-0.05, 0) is 48.7 Å². The van der Waals surface area contributed by atoms with Crippen LogP contribution in [0.1, 0.15) is 30.9 Å². The van der Waals surface area contributed by atoms with Crippen LogP contribution in [-0.2, 0) is 32.7 Å². The van der Waals surface area contributed by atoms with E-state index in [9.17, 15) is 13.2 Å². The Morgan fingerprint density at radius 3 is 2.30 bits per heavy atom. The van der Waals surface area contributed by atoms with Crippen LogP contribution in [0.5, 0.6) is 0 Å². The Hall–Kier alpha value is -2.22. The van der Waals surface area contributed by atoms with Crippen LogP contribution in [0, 0.1) is 0 Å². The van der Waals surface area contributed by atoms with Crippen LogP contribution < -0.4 is 9.62 Å². The van der Waals surface area contributed by atoms with Crippen molar-refractivity contribution < 1.29 is 17.9 Å². The van der Waals surface area contributed by atoms with E-state index >= 15 is 0 Å². The van der Waals surface area contributed by atoms with Crippen molar-refractivity contribution in [2.45, 2.75) is 37.8 Å². The van der Waals surface area contributed by atoms with Crippen molar-refractivity contribution in [3.05, 3.63) is 59.7 Å². The molecular formula is C20H24N2O4S. The van der Waals surface area contributed by atoms with Gasteiger partial charge in [-0.15, -0.1) is 0 Å². The second-order valence-electron chi connectivity index (χ2n) is 6.42. The van der Waals surface area contributed by atoms with Crippen LogP contribution in [0.15, 0.2) is 53.4 Å². The number of nitrogens with one attached hydrogen (secondary N) is 1. The lowest BCUT2D eigenvalue weighted by Gasteiger charge is -2.16. The molecule has 1 fully saturated rings. The molecule has 1 aliphatic rings. The largest absolute Gasteiger partial charge is 0.377 e. The number of sulfonamides is 1. The number of ether oxygens (including phenoxy) is 1. The lowest BCUT2D eigenvalue weighted by atomic mass is 10.1. The van der Waals surface area contributed by atoms with Crippen molar-refractivity contribution in [2.75, 3.05) is 18.1 Å². The summed E-state index contributed by atoms with van der Waals surface area (Å²) in [7, 11) is -3.61. The van der Waals surface area contributed by atoms with Gasteiger partial charge in [0.25, 0.3) is 0 Å². The van der Waals surface area contributed by atoms with Crippen LogP contribution in [0.25, 0.3) is 0 Å². The number of rotatable bonds is 8. The molecule has 1 aliphatic heterocycles. The summed E-state index contributed by atoms with van der Waals surface area (Å²) in [5.74, 6) is 0.0801. The summed E-state index contributed by atoms with van der Waals surface area (Å²) in [5, 5.41) is 0. The number of amides is 1. The van der Waals surface area contributed by atoms with Crippen molar-refractivity contribution in [3.8, 4) is 0 Å². The van der Waals surface area contributed by atoms with E-state index in [2.05, 4.69) is 4.72 Å². The Labute approximate surface area is 160 Å². The van der Waals surface area contributed by atoms with E-state index in [0.717, 1.165) is 23.2 Å². The molecule has 3 rings (SSSR count). The SMILES string of the molecule is CCOCc1ccc(CNS(=O)(=O)c2ccc(N3CCCC3=O)cc2)cc1. The normalized spacial score (nSPS) is 14.7. The van der Waals surface area contributed by atoms with E-state index in [1.807, 2.05) is 31.2 Å². The zero-order chi connectivity index (χ0) is 19.3. The number of carbonyl (C=O) groups excluding carboxylic acids is 1. The van der Waals surface area contributed by atoms with E-state index < -0.39 is 10.0 Å². The molecule has 0 unspecified atom stereocenters. The van der Waals surface area contributed by atoms with E-state index in [0.29, 0.717) is 26.2 Å². The Bertz CT molecular complexity index is 877. The molecule has 1 N–H and O–H groups in total. The first-order valence-corrected chi connectivity index (χ1v) is 10.5. The fourth-order valence-corrected chi connectivity index (χ4v) is 3.98. The van der Waals surface area contributed by atoms with Crippen molar-refractivity contribution in [2.24, 2.45) is 0 Å². The molecule has 2 aromatic carbocycles. The Morgan fingerprint density at radius 2 is 1.70 bits per heavy atom. The van der Waals surface area contributed by atoms with Gasteiger partial charge in [0, 0.05) is 31.8 Å². The zero-order valence-electron chi connectivity index (χ0n) is 15.3. The highest BCUT2D eigenvalue weighted by molar-refractivity contribution is 7.89. The molecule has 1 saturated heterocycles. The van der Waals surface area contributed by atoms with Gasteiger partial charge in [0.05, 0.1) is 11.5 Å². The predicted octanol–water partition coefficient (Wildman–Crippen LogP) is 2.83. The summed E-state index contributed by atoms with van der Waals surface area (Å²) in [6, 6.07) is 14.1. The average Bonchev–Trinajstić information content (AvgIpc) is 3.11. The van der Waals surface area contributed by atoms with E-state index in [-0.39, 0.29) is 17.3 Å². The maximum atomic E-state index is 12.5. The Morgan fingerprint density at radius 1 is 1.04 bits per heavy atom. The number of nitrogens with zero attached hydrogens (tertiary/aromatic N) is 1. The highest BCUT2D eigenvalue weighted by Crippen LogP contribution is 2.23. The van der Waals surface area contributed by atoms with Crippen LogP contribution in [-0.4, -0.2) is 27.5 Å². The highest BCUT2D eigenvalue weighted by atomic mass is 32.2. The van der Waals surface area contributed by atoms with Crippen LogP contribution in [0.2, 0.25) is 0 Å². The summed E-state index contributed by atoms with van der Waals surface area (Å²) in [4.78, 5) is 13.7. The molecule has 1 amide bonds. The number of carbonyl (C=O) groups is 1. The molecule has 0 spiro atoms. The topological polar surface area (TPSA) is 75.7 Å². The van der Waals surface area contributed by atoms with Gasteiger partial charge in [-0.1, -0.05) is 24.3 Å². The average molecular weight is 388 g/mol. The lowest BCUT2D eigenvalue weighted by molar-refractivity contribution is -0.117. The zero-order valence-corrected chi connectivity index (χ0v) is 16.2. The molecule has 0 radical (unpaired) electrons. The lowest BCUT2D eigenvalue weighted by Crippen LogP contribution is -2.25. The molecule has 0 aromatic heterocycles. The second kappa shape index (κ2) is 8.65. The van der Waals surface area contributed by atoms with Crippen molar-refractivity contribution in [3.63, 3.8) is 0 Å². The Balaban J connectivity index is 1.61. The first-order chi connectivity index (χ1) is 13.0. The molecule has 0 aliphatic carbocycles. The van der Waals surface area contributed by atoms with Gasteiger partial charge < -0.3 is 9.64 Å². The third kappa shape index (κ3) is 4.94. The fraction of sp³-hybridized carbons (Fsp3) is 0.350. The minimum Gasteiger partial charge on any atom is -0.377 e. The monoisotopic (exact) mass is 388 g/mol. The third-order valence-electron chi connectivity index (χ3n) is 4.49. The number of hydrogen-bond donors (Lipinski definition) is 1. The highest BCUT2D eigenvalue weighted by Gasteiger charge is 2.22. The fourth-order valence-electron chi connectivity index (χ4n) is 2.96. The summed E-state index contributed by atoms with van der Waals surface area (Å²) in [6.07, 6.45) is 1.38. The van der Waals surface area contributed by atoms with Crippen molar-refractivity contribution in [1.29, 1.82) is 0 Å². The molecule has 27 heavy (non-hydrogen) atoms. The molecule has 6 nitrogen and oxygen atoms in total. The molecule has 1 heterocycles. The van der Waals surface area contributed by atoms with Crippen molar-refractivity contribution >= 4 is 21.6 Å². The van der Waals surface area contributed by atoms with E-state index in [1.165, 1.54) is 12.1 Å². The minimum atomic E-state index is -3.61. The maximum Gasteiger partial charge on any atom is 0.240 e. The summed E-state index contributed by atoms with van der Waals surface area (Å²) in [6.45, 7) is 4.05. The molecule has 144 valence electrons. The first kappa shape index (κ1) is 19.5. The molecule has 7 heteroatoms. The van der Waals surface area contributed by atoms with Crippen LogP contribution in [0.4, 0.5) is 5.69 Å². The molecule has 0 saturated carbocycles. The van der Waals surface area contributed by atoms with E-state index in [1.54, 1.807) is 17.0 Å². The molecular weight excluding hydrogens is 364 g/mol. The number of hydrogen-bond acceptors (Lipinski definition) is 4. The van der Waals surface area contributed by atoms with E-state index in [4.69, 9.17) is 4.74 Å². The van der Waals surface area contributed by atoms with Gasteiger partial charge in [-0.2, -0.15) is 0 Å². The molecule has 2 aromatic rings. The minimum absolute atomic E-state index is 0.0801. The summed E-state index contributed by atoms with van der Waals surface area (Å²) >= 11 is 0. The van der Waals surface area contributed by atoms with Crippen LogP contribution >= 0.6 is 0 Å². The molecule has 0 bridgehead atoms. The standard InChI is InChI=1S/C20H24N2O4S/c1-2-26-15-17-7-5-16(6-8-17)14-21-27(24,25)19-11-9-18(10-12-19)22-13-3-4-20(22)23/h5-12,21H,2-4,13-15H2,1H3. The quantitative estimate of drug-likeness (QED) is 0.754. The predicted molar refractivity (Wildman–Crippen MR) is 104 cm³/mol. The van der Waals surface area contributed by atoms with Crippen LogP contribution in [0.3, 0.4) is 0 Å². The van der Waals surface area contributed by atoms with Gasteiger partial charge in [-0.25, -0.2) is 13.1 Å². The van der Waals surface area contributed by atoms with Gasteiger partial charge >= 0.3 is 0 Å². The number of benzene rings is 2. The maximum absolute atomic E-state index is 12.5. The van der Waals surface area contributed by atoms with Crippen molar-refractivity contribution in [1.82, 2.24) is 4.72 Å². The third-order valence-corrected chi connectivity index (χ3v) is 5.91. The molecule has 0 atom stereocenters. The van der Waals surface area contributed by atoms with Gasteiger partial charge in [-0.3, -0.25) is 4.79 Å². The number of anilines is 1. The first-order valence-electron chi connectivity index (χ1n) is 9.05. The van der Waals surface area contributed by atoms with Gasteiger partial charge in [0.2, 0.25) is 15.9 Å². The van der Waals surface area contributed by atoms with Gasteiger partial charge in [0.15, 0.2) is 0 Å². The Kier molecular flexibility index (Phi) is 6.26.